The van der Waals surface area contributed by atoms with E-state index in [1.54, 1.807) is 18.2 Å². The molecule has 0 heterocycles. The lowest BCUT2D eigenvalue weighted by molar-refractivity contribution is -0.137. The molecule has 0 fully saturated rings. The van der Waals surface area contributed by atoms with Gasteiger partial charge in [0.1, 0.15) is 5.75 Å². The largest absolute Gasteiger partial charge is 0.508 e. The Balaban J connectivity index is 1.96. The highest BCUT2D eigenvalue weighted by Gasteiger charge is 2.16. The molecule has 0 aliphatic rings. The van der Waals surface area contributed by atoms with Crippen LogP contribution in [0.2, 0.25) is 0 Å². The van der Waals surface area contributed by atoms with Crippen LogP contribution >= 0.6 is 0 Å². The summed E-state index contributed by atoms with van der Waals surface area (Å²) in [6, 6.07) is 15.4. The molecule has 0 bridgehead atoms. The fourth-order valence-corrected chi connectivity index (χ4v) is 2.72. The van der Waals surface area contributed by atoms with E-state index >= 15 is 0 Å². The molecule has 2 unspecified atom stereocenters. The number of rotatable bonds is 8. The van der Waals surface area contributed by atoms with Gasteiger partial charge in [-0.1, -0.05) is 42.5 Å². The van der Waals surface area contributed by atoms with Gasteiger partial charge in [0.2, 0.25) is 0 Å². The molecule has 4 N–H and O–H groups in total. The summed E-state index contributed by atoms with van der Waals surface area (Å²) in [5.41, 5.74) is 1.81. The number of hydrogen-bond acceptors (Lipinski definition) is 3. The van der Waals surface area contributed by atoms with Gasteiger partial charge >= 0.3 is 12.0 Å². The zero-order valence-corrected chi connectivity index (χ0v) is 14.7. The van der Waals surface area contributed by atoms with Crippen molar-refractivity contribution in [3.05, 3.63) is 65.7 Å². The molecule has 0 aromatic heterocycles. The van der Waals surface area contributed by atoms with Gasteiger partial charge in [0.25, 0.3) is 0 Å². The van der Waals surface area contributed by atoms with Crippen molar-refractivity contribution in [2.45, 2.75) is 38.3 Å². The van der Waals surface area contributed by atoms with E-state index in [1.807, 2.05) is 43.3 Å². The quantitative estimate of drug-likeness (QED) is 0.583. The monoisotopic (exact) mass is 356 g/mol. The molecule has 0 saturated heterocycles. The summed E-state index contributed by atoms with van der Waals surface area (Å²) >= 11 is 0. The van der Waals surface area contributed by atoms with Crippen LogP contribution in [0, 0.1) is 0 Å². The molecule has 0 saturated carbocycles. The summed E-state index contributed by atoms with van der Waals surface area (Å²) in [6.45, 7) is 1.82. The zero-order valence-electron chi connectivity index (χ0n) is 14.7. The van der Waals surface area contributed by atoms with Crippen molar-refractivity contribution in [2.75, 3.05) is 0 Å². The fraction of sp³-hybridized carbons (Fsp3) is 0.300. The minimum Gasteiger partial charge on any atom is -0.508 e. The van der Waals surface area contributed by atoms with Crippen molar-refractivity contribution < 1.29 is 19.8 Å². The second-order valence-electron chi connectivity index (χ2n) is 6.25. The van der Waals surface area contributed by atoms with E-state index in [9.17, 15) is 14.7 Å². The van der Waals surface area contributed by atoms with E-state index in [4.69, 9.17) is 5.11 Å². The van der Waals surface area contributed by atoms with Crippen LogP contribution in [0.4, 0.5) is 4.79 Å². The predicted molar refractivity (Wildman–Crippen MR) is 99.0 cm³/mol. The third-order valence-corrected chi connectivity index (χ3v) is 4.08. The Morgan fingerprint density at radius 1 is 1.04 bits per heavy atom. The Labute approximate surface area is 152 Å². The summed E-state index contributed by atoms with van der Waals surface area (Å²) in [4.78, 5) is 23.2. The standard InChI is InChI=1S/C20H24N2O4/c1-14(16-8-5-9-18(23)13-16)21-20(26)22-17(10-11-19(24)25)12-15-6-3-2-4-7-15/h2-9,13-14,17,23H,10-12H2,1H3,(H,24,25)(H2,21,22,26). The molecule has 2 atom stereocenters. The number of hydrogen-bond donors (Lipinski definition) is 4. The molecule has 0 spiro atoms. The second kappa shape index (κ2) is 9.46. The number of benzene rings is 2. The van der Waals surface area contributed by atoms with Crippen LogP contribution in [-0.4, -0.2) is 28.3 Å². The highest BCUT2D eigenvalue weighted by molar-refractivity contribution is 5.75. The third kappa shape index (κ3) is 6.47. The summed E-state index contributed by atoms with van der Waals surface area (Å²) < 4.78 is 0. The molecule has 2 aromatic rings. The SMILES string of the molecule is CC(NC(=O)NC(CCC(=O)O)Cc1ccccc1)c1cccc(O)c1. The number of aliphatic carboxylic acids is 1. The van der Waals surface area contributed by atoms with Crippen LogP contribution in [0.1, 0.15) is 36.9 Å². The molecule has 2 amide bonds. The van der Waals surface area contributed by atoms with Crippen molar-refractivity contribution in [1.82, 2.24) is 10.6 Å². The van der Waals surface area contributed by atoms with E-state index in [2.05, 4.69) is 10.6 Å². The van der Waals surface area contributed by atoms with Crippen LogP contribution in [0.25, 0.3) is 0 Å². The van der Waals surface area contributed by atoms with E-state index in [0.717, 1.165) is 11.1 Å². The second-order valence-corrected chi connectivity index (χ2v) is 6.25. The van der Waals surface area contributed by atoms with Crippen LogP contribution in [0.15, 0.2) is 54.6 Å². The van der Waals surface area contributed by atoms with Crippen LogP contribution in [0.5, 0.6) is 5.75 Å². The molecule has 6 nitrogen and oxygen atoms in total. The van der Waals surface area contributed by atoms with Crippen LogP contribution in [0.3, 0.4) is 0 Å². The number of carbonyl (C=O) groups excluding carboxylic acids is 1. The first-order valence-corrected chi connectivity index (χ1v) is 8.55. The minimum atomic E-state index is -0.890. The lowest BCUT2D eigenvalue weighted by atomic mass is 10.0. The molecule has 0 aliphatic carbocycles. The van der Waals surface area contributed by atoms with Crippen molar-refractivity contribution in [3.8, 4) is 5.75 Å². The summed E-state index contributed by atoms with van der Waals surface area (Å²) in [6.07, 6.45) is 0.889. The van der Waals surface area contributed by atoms with Crippen molar-refractivity contribution in [3.63, 3.8) is 0 Å². The Bertz CT molecular complexity index is 734. The number of aromatic hydroxyl groups is 1. The van der Waals surface area contributed by atoms with Crippen molar-refractivity contribution in [2.24, 2.45) is 0 Å². The predicted octanol–water partition coefficient (Wildman–Crippen LogP) is 3.23. The molecular weight excluding hydrogens is 332 g/mol. The molecule has 0 aliphatic heterocycles. The van der Waals surface area contributed by atoms with Gasteiger partial charge in [0.05, 0.1) is 6.04 Å². The maximum Gasteiger partial charge on any atom is 0.315 e. The number of urea groups is 1. The molecule has 138 valence electrons. The van der Waals surface area contributed by atoms with Gasteiger partial charge in [0.15, 0.2) is 0 Å². The number of nitrogens with one attached hydrogen (secondary N) is 2. The fourth-order valence-electron chi connectivity index (χ4n) is 2.72. The number of carbonyl (C=O) groups is 2. The van der Waals surface area contributed by atoms with Gasteiger partial charge in [0, 0.05) is 12.5 Å². The average molecular weight is 356 g/mol. The number of phenolic OH excluding ortho intramolecular Hbond substituents is 1. The van der Waals surface area contributed by atoms with Gasteiger partial charge in [-0.15, -0.1) is 0 Å². The van der Waals surface area contributed by atoms with Gasteiger partial charge in [-0.2, -0.15) is 0 Å². The van der Waals surface area contributed by atoms with Gasteiger partial charge < -0.3 is 20.8 Å². The first-order chi connectivity index (χ1) is 12.4. The molecule has 2 aromatic carbocycles. The van der Waals surface area contributed by atoms with E-state index < -0.39 is 5.97 Å². The third-order valence-electron chi connectivity index (χ3n) is 4.08. The molecule has 2 rings (SSSR count). The number of amides is 2. The molecule has 6 heteroatoms. The van der Waals surface area contributed by atoms with Crippen LogP contribution < -0.4 is 10.6 Å². The summed E-state index contributed by atoms with van der Waals surface area (Å²) in [5, 5.41) is 24.2. The van der Waals surface area contributed by atoms with Gasteiger partial charge in [-0.25, -0.2) is 4.79 Å². The lowest BCUT2D eigenvalue weighted by Crippen LogP contribution is -2.44. The number of phenols is 1. The maximum atomic E-state index is 12.3. The van der Waals surface area contributed by atoms with Gasteiger partial charge in [-0.3, -0.25) is 4.79 Å². The maximum absolute atomic E-state index is 12.3. The molecular formula is C20H24N2O4. The van der Waals surface area contributed by atoms with E-state index in [0.29, 0.717) is 12.8 Å². The highest BCUT2D eigenvalue weighted by Crippen LogP contribution is 2.17. The first kappa shape index (κ1) is 19.3. The van der Waals surface area contributed by atoms with Crippen molar-refractivity contribution >= 4 is 12.0 Å². The van der Waals surface area contributed by atoms with E-state index in [1.165, 1.54) is 0 Å². The van der Waals surface area contributed by atoms with Crippen LogP contribution in [-0.2, 0) is 11.2 Å². The average Bonchev–Trinajstić information content (AvgIpc) is 2.60. The van der Waals surface area contributed by atoms with Gasteiger partial charge in [-0.05, 0) is 43.0 Å². The van der Waals surface area contributed by atoms with E-state index in [-0.39, 0.29) is 30.3 Å². The molecule has 26 heavy (non-hydrogen) atoms. The summed E-state index contributed by atoms with van der Waals surface area (Å²) in [7, 11) is 0. The number of carboxylic acids is 1. The smallest absolute Gasteiger partial charge is 0.315 e. The summed E-state index contributed by atoms with van der Waals surface area (Å²) in [5.74, 6) is -0.752. The normalized spacial score (nSPS) is 12.8. The Hall–Kier alpha value is -3.02. The lowest BCUT2D eigenvalue weighted by Gasteiger charge is -2.21. The Kier molecular flexibility index (Phi) is 7.02. The molecule has 0 radical (unpaired) electrons. The Morgan fingerprint density at radius 2 is 1.77 bits per heavy atom. The topological polar surface area (TPSA) is 98.7 Å². The van der Waals surface area contributed by atoms with Crippen molar-refractivity contribution in [1.29, 1.82) is 0 Å². The highest BCUT2D eigenvalue weighted by atomic mass is 16.4. The Morgan fingerprint density at radius 3 is 2.42 bits per heavy atom. The minimum absolute atomic E-state index is 0.0140. The first-order valence-electron chi connectivity index (χ1n) is 8.55. The zero-order chi connectivity index (χ0) is 18.9. The number of carboxylic acid groups (broad SMARTS) is 1.